The third-order valence-corrected chi connectivity index (χ3v) is 17.3. The smallest absolute Gasteiger partial charge is 0.264 e. The number of nitrogen functional groups attached to an aromatic ring is 1. The van der Waals surface area contributed by atoms with Crippen LogP contribution in [0.1, 0.15) is 77.3 Å². The Kier molecular flexibility index (Phi) is 14.8. The van der Waals surface area contributed by atoms with E-state index in [4.69, 9.17) is 5.73 Å². The van der Waals surface area contributed by atoms with E-state index in [9.17, 15) is 30.7 Å². The highest BCUT2D eigenvalue weighted by Crippen LogP contribution is 2.52. The van der Waals surface area contributed by atoms with Gasteiger partial charge in [-0.25, -0.2) is 8.42 Å². The summed E-state index contributed by atoms with van der Waals surface area (Å²) in [5.74, 6) is -1.31. The largest absolute Gasteiger partial charge is 0.748 e. The number of hydrogen-bond acceptors (Lipinski definition) is 9. The van der Waals surface area contributed by atoms with Crippen LogP contribution in [0.15, 0.2) is 178 Å². The molecule has 1 unspecified atom stereocenters. The van der Waals surface area contributed by atoms with Gasteiger partial charge in [-0.05, 0) is 139 Å². The number of benzene rings is 6. The predicted molar refractivity (Wildman–Crippen MR) is 297 cm³/mol. The zero-order valence-electron chi connectivity index (χ0n) is 41.7. The van der Waals surface area contributed by atoms with Gasteiger partial charge in [-0.15, -0.1) is 0 Å². The molecule has 2 heterocycles. The molecular formula is C59H62N4O7S3. The maximum absolute atomic E-state index is 14.6. The first-order valence-electron chi connectivity index (χ1n) is 24.9. The van der Waals surface area contributed by atoms with Crippen molar-refractivity contribution in [3.8, 4) is 0 Å². The molecular weight excluding hydrogens is 973 g/mol. The van der Waals surface area contributed by atoms with Crippen LogP contribution in [-0.4, -0.2) is 66.7 Å². The van der Waals surface area contributed by atoms with Gasteiger partial charge in [0.2, 0.25) is 11.6 Å². The van der Waals surface area contributed by atoms with Gasteiger partial charge in [0.1, 0.15) is 6.54 Å². The SMILES string of the molecule is CC1(C)C(/C=C/C2=C(Sc3ccc(N)cc3)C(=C/C=C3/N(CCCCS(=O)(=O)O)c4ccc5ccccc5c4C3(C)C)/CC(C(=O)Nc3ccccc3)C2)=[N+](CCCCS(=O)(=O)[O-])c2ccc3ccccc3c21. The number of fused-ring (bicyclic) bond motifs is 6. The molecule has 1 amide bonds. The summed E-state index contributed by atoms with van der Waals surface area (Å²) in [5, 5.41) is 7.70. The summed E-state index contributed by atoms with van der Waals surface area (Å²) >= 11 is 1.63. The Labute approximate surface area is 433 Å². The molecule has 0 fully saturated rings. The second kappa shape index (κ2) is 20.9. The van der Waals surface area contributed by atoms with Crippen LogP contribution in [0.4, 0.5) is 22.7 Å². The first-order chi connectivity index (χ1) is 34.8. The zero-order valence-corrected chi connectivity index (χ0v) is 44.1. The lowest BCUT2D eigenvalue weighted by Gasteiger charge is -2.29. The van der Waals surface area contributed by atoms with E-state index in [0.717, 1.165) is 65.3 Å². The topological polar surface area (TPSA) is 173 Å². The Balaban J connectivity index is 1.21. The number of para-hydroxylation sites is 1. The molecule has 378 valence electrons. The van der Waals surface area contributed by atoms with E-state index in [1.807, 2.05) is 72.8 Å². The highest BCUT2D eigenvalue weighted by atomic mass is 32.2. The first-order valence-corrected chi connectivity index (χ1v) is 28.9. The molecule has 1 aliphatic carbocycles. The minimum atomic E-state index is -4.37. The van der Waals surface area contributed by atoms with Gasteiger partial charge in [-0.1, -0.05) is 111 Å². The minimum Gasteiger partial charge on any atom is -0.748 e. The molecule has 1 atom stereocenters. The Morgan fingerprint density at radius 1 is 0.753 bits per heavy atom. The third-order valence-electron chi connectivity index (χ3n) is 14.5. The van der Waals surface area contributed by atoms with E-state index < -0.39 is 42.7 Å². The lowest BCUT2D eigenvalue weighted by molar-refractivity contribution is -0.438. The third kappa shape index (κ3) is 11.3. The van der Waals surface area contributed by atoms with Crippen molar-refractivity contribution in [2.24, 2.45) is 5.92 Å². The lowest BCUT2D eigenvalue weighted by atomic mass is 9.78. The monoisotopic (exact) mass is 1030 g/mol. The van der Waals surface area contributed by atoms with Crippen LogP contribution in [-0.2, 0) is 35.9 Å². The average molecular weight is 1040 g/mol. The normalized spacial score (nSPS) is 18.7. The molecule has 0 saturated heterocycles. The molecule has 0 bridgehead atoms. The molecule has 6 aromatic rings. The highest BCUT2D eigenvalue weighted by molar-refractivity contribution is 8.03. The molecule has 14 heteroatoms. The number of nitrogens with two attached hydrogens (primary N) is 1. The maximum Gasteiger partial charge on any atom is 0.264 e. The average Bonchev–Trinajstić information content (AvgIpc) is 3.71. The fraction of sp³-hybridized carbons (Fsp3) is 0.288. The number of thioether (sulfide) groups is 1. The van der Waals surface area contributed by atoms with Crippen molar-refractivity contribution in [1.82, 2.24) is 0 Å². The second-order valence-electron chi connectivity index (χ2n) is 20.3. The van der Waals surface area contributed by atoms with E-state index >= 15 is 0 Å². The van der Waals surface area contributed by atoms with Gasteiger partial charge in [-0.2, -0.15) is 13.0 Å². The first kappa shape index (κ1) is 51.6. The molecule has 6 aromatic carbocycles. The number of carbonyl (C=O) groups is 1. The fourth-order valence-electron chi connectivity index (χ4n) is 11.0. The Bertz CT molecular complexity index is 3510. The number of anilines is 3. The molecule has 0 spiro atoms. The number of amides is 1. The molecule has 11 nitrogen and oxygen atoms in total. The van der Waals surface area contributed by atoms with Crippen LogP contribution in [0.3, 0.4) is 0 Å². The van der Waals surface area contributed by atoms with Crippen molar-refractivity contribution in [1.29, 1.82) is 0 Å². The van der Waals surface area contributed by atoms with Crippen molar-refractivity contribution >= 4 is 87.9 Å². The molecule has 0 saturated carbocycles. The van der Waals surface area contributed by atoms with Crippen molar-refractivity contribution in [2.75, 3.05) is 40.5 Å². The molecule has 9 rings (SSSR count). The second-order valence-corrected chi connectivity index (χ2v) is 24.5. The predicted octanol–water partition coefficient (Wildman–Crippen LogP) is 12.2. The van der Waals surface area contributed by atoms with Gasteiger partial charge >= 0.3 is 0 Å². The summed E-state index contributed by atoms with van der Waals surface area (Å²) in [6.07, 6.45) is 11.1. The van der Waals surface area contributed by atoms with E-state index in [1.165, 1.54) is 11.1 Å². The van der Waals surface area contributed by atoms with Crippen LogP contribution >= 0.6 is 11.8 Å². The van der Waals surface area contributed by atoms with Gasteiger partial charge in [0.05, 0.1) is 21.3 Å². The van der Waals surface area contributed by atoms with Crippen molar-refractivity contribution in [3.63, 3.8) is 0 Å². The van der Waals surface area contributed by atoms with E-state index in [-0.39, 0.29) is 18.1 Å². The quantitative estimate of drug-likeness (QED) is 0.0345. The number of nitrogens with one attached hydrogen (secondary N) is 1. The molecule has 2 aliphatic heterocycles. The van der Waals surface area contributed by atoms with Gasteiger partial charge in [0, 0.05) is 80.3 Å². The molecule has 73 heavy (non-hydrogen) atoms. The number of hydrogen-bond donors (Lipinski definition) is 3. The molecule has 3 aliphatic rings. The van der Waals surface area contributed by atoms with Gasteiger partial charge in [-0.3, -0.25) is 9.35 Å². The summed E-state index contributed by atoms with van der Waals surface area (Å²) < 4.78 is 70.5. The fourth-order valence-corrected chi connectivity index (χ4v) is 13.2. The summed E-state index contributed by atoms with van der Waals surface area (Å²) in [6.45, 7) is 9.89. The number of unbranched alkanes of at least 4 members (excludes halogenated alkanes) is 2. The Morgan fingerprint density at radius 2 is 1.40 bits per heavy atom. The number of allylic oxidation sites excluding steroid dienone is 7. The van der Waals surface area contributed by atoms with Crippen molar-refractivity contribution in [2.45, 2.75) is 81.9 Å². The van der Waals surface area contributed by atoms with Crippen molar-refractivity contribution in [3.05, 3.63) is 185 Å². The summed E-state index contributed by atoms with van der Waals surface area (Å²) in [5.41, 5.74) is 15.0. The van der Waals surface area contributed by atoms with Gasteiger partial charge in [0.25, 0.3) is 10.1 Å². The molecule has 0 radical (unpaired) electrons. The van der Waals surface area contributed by atoms with Gasteiger partial charge in [0.15, 0.2) is 5.71 Å². The van der Waals surface area contributed by atoms with E-state index in [2.05, 4.69) is 121 Å². The van der Waals surface area contributed by atoms with Crippen LogP contribution in [0.25, 0.3) is 21.5 Å². The molecule has 0 aromatic heterocycles. The summed E-state index contributed by atoms with van der Waals surface area (Å²) in [4.78, 5) is 18.9. The van der Waals surface area contributed by atoms with Crippen LogP contribution in [0, 0.1) is 5.92 Å². The Hall–Kier alpha value is -6.29. The zero-order chi connectivity index (χ0) is 51.7. The number of rotatable bonds is 17. The standard InChI is InChI=1S/C59H62N4O7S3/c1-58(2)52(62(34-12-14-36-72(65,66)67)50-30-22-40-16-8-10-20-48(40)54(50)58)32-24-42-38-44(57(64)61-46-18-6-5-7-19-46)39-43(56(42)71-47-28-26-45(60)27-29-47)25-33-53-59(3,4)55-49-21-11-9-17-41(49)23-31-51(55)63(53)35-13-15-37-73(68,69)70/h5-11,16-33,44H,12-15,34-39,60H2,1-4H3,(H2-,61,64,65,66,67,68,69,70). The number of carbonyl (C=O) groups excluding carboxylic acids is 1. The maximum atomic E-state index is 14.6. The summed E-state index contributed by atoms with van der Waals surface area (Å²) in [6, 6.07) is 42.5. The van der Waals surface area contributed by atoms with Crippen LogP contribution in [0.5, 0.6) is 0 Å². The minimum absolute atomic E-state index is 0.101. The van der Waals surface area contributed by atoms with E-state index in [0.29, 0.717) is 56.6 Å². The van der Waals surface area contributed by atoms with Crippen LogP contribution in [0.2, 0.25) is 0 Å². The highest BCUT2D eigenvalue weighted by Gasteiger charge is 2.46. The van der Waals surface area contributed by atoms with Crippen molar-refractivity contribution < 1.29 is 35.3 Å². The van der Waals surface area contributed by atoms with Gasteiger partial charge < -0.3 is 20.5 Å². The lowest BCUT2D eigenvalue weighted by Crippen LogP contribution is -2.29. The Morgan fingerprint density at radius 3 is 2.08 bits per heavy atom. The number of nitrogens with zero attached hydrogens (tertiary/aromatic N) is 2. The van der Waals surface area contributed by atoms with Crippen LogP contribution < -0.4 is 16.0 Å². The molecule has 4 N–H and O–H groups in total. The van der Waals surface area contributed by atoms with E-state index in [1.54, 1.807) is 11.8 Å². The summed E-state index contributed by atoms with van der Waals surface area (Å²) in [7, 11) is -8.50.